The van der Waals surface area contributed by atoms with Crippen molar-refractivity contribution in [1.82, 2.24) is 4.90 Å². The highest BCUT2D eigenvalue weighted by atomic mass is 16.4. The van der Waals surface area contributed by atoms with E-state index in [2.05, 4.69) is 18.7 Å². The molecule has 3 aliphatic carbocycles. The summed E-state index contributed by atoms with van der Waals surface area (Å²) in [6.07, 6.45) is 8.76. The molecule has 0 aromatic rings. The monoisotopic (exact) mass is 361 g/mol. The Hall–Kier alpha value is -1.06. The zero-order valence-corrected chi connectivity index (χ0v) is 16.8. The molecule has 0 bridgehead atoms. The van der Waals surface area contributed by atoms with Gasteiger partial charge < -0.3 is 10.0 Å². The van der Waals surface area contributed by atoms with E-state index in [0.717, 1.165) is 25.2 Å². The van der Waals surface area contributed by atoms with Gasteiger partial charge in [-0.1, -0.05) is 20.8 Å². The van der Waals surface area contributed by atoms with Crippen LogP contribution in [-0.4, -0.2) is 35.0 Å². The minimum absolute atomic E-state index is 0.193. The van der Waals surface area contributed by atoms with Crippen molar-refractivity contribution in [3.05, 3.63) is 0 Å². The molecule has 4 heteroatoms. The molecule has 1 amide bonds. The Bertz CT molecular complexity index is 619. The Morgan fingerprint density at radius 3 is 2.46 bits per heavy atom. The van der Waals surface area contributed by atoms with E-state index in [-0.39, 0.29) is 16.7 Å². The second kappa shape index (κ2) is 5.97. The van der Waals surface area contributed by atoms with Crippen molar-refractivity contribution < 1.29 is 14.7 Å². The zero-order chi connectivity index (χ0) is 18.9. The number of hydrogen-bond acceptors (Lipinski definition) is 2. The number of carboxylic acid groups (broad SMARTS) is 1. The lowest BCUT2D eigenvalue weighted by Gasteiger charge is -2.62. The van der Waals surface area contributed by atoms with Crippen molar-refractivity contribution in [2.75, 3.05) is 7.05 Å². The maximum atomic E-state index is 12.2. The summed E-state index contributed by atoms with van der Waals surface area (Å²) in [4.78, 5) is 25.9. The van der Waals surface area contributed by atoms with E-state index in [1.54, 1.807) is 0 Å². The average molecular weight is 362 g/mol. The lowest BCUT2D eigenvalue weighted by Crippen LogP contribution is -2.61. The van der Waals surface area contributed by atoms with Crippen LogP contribution in [0.5, 0.6) is 0 Å². The van der Waals surface area contributed by atoms with Crippen LogP contribution in [0.15, 0.2) is 0 Å². The molecule has 0 radical (unpaired) electrons. The molecule has 4 aliphatic rings. The molecular formula is C22H35NO3. The maximum Gasteiger partial charge on any atom is 0.306 e. The van der Waals surface area contributed by atoms with E-state index in [9.17, 15) is 14.7 Å². The molecule has 1 saturated heterocycles. The van der Waals surface area contributed by atoms with E-state index >= 15 is 0 Å². The predicted molar refractivity (Wildman–Crippen MR) is 100 cm³/mol. The molecule has 26 heavy (non-hydrogen) atoms. The van der Waals surface area contributed by atoms with Gasteiger partial charge >= 0.3 is 5.97 Å². The fraction of sp³-hybridized carbons (Fsp3) is 0.909. The summed E-state index contributed by atoms with van der Waals surface area (Å²) < 4.78 is 0. The van der Waals surface area contributed by atoms with Gasteiger partial charge in [-0.05, 0) is 79.4 Å². The van der Waals surface area contributed by atoms with Crippen molar-refractivity contribution in [2.45, 2.75) is 78.2 Å². The number of carbonyl (C=O) groups excluding carboxylic acids is 1. The largest absolute Gasteiger partial charge is 0.481 e. The molecule has 4 nitrogen and oxygen atoms in total. The van der Waals surface area contributed by atoms with Gasteiger partial charge in [0, 0.05) is 19.5 Å². The molecule has 4 rings (SSSR count). The highest BCUT2D eigenvalue weighted by Gasteiger charge is 2.61. The first-order valence-electron chi connectivity index (χ1n) is 10.7. The summed E-state index contributed by atoms with van der Waals surface area (Å²) in [5.74, 6) is 1.90. The number of rotatable bonds is 2. The van der Waals surface area contributed by atoms with Crippen molar-refractivity contribution in [3.8, 4) is 0 Å². The smallest absolute Gasteiger partial charge is 0.306 e. The van der Waals surface area contributed by atoms with Crippen LogP contribution < -0.4 is 0 Å². The van der Waals surface area contributed by atoms with Crippen LogP contribution in [0.25, 0.3) is 0 Å². The van der Waals surface area contributed by atoms with E-state index < -0.39 is 5.97 Å². The molecule has 0 spiro atoms. The second-order valence-corrected chi connectivity index (χ2v) is 10.3. The number of fused-ring (bicyclic) bond motifs is 5. The van der Waals surface area contributed by atoms with Crippen LogP contribution in [-0.2, 0) is 9.59 Å². The third kappa shape index (κ3) is 2.32. The zero-order valence-electron chi connectivity index (χ0n) is 16.8. The SMILES string of the molecule is CC(C(=O)O)[C@H]1CC[C@H]2[C@@H]3CCC4N(C)C(=O)CC[C@]4(C)[C@H]3CC[C@]12C. The van der Waals surface area contributed by atoms with Crippen LogP contribution >= 0.6 is 0 Å². The Labute approximate surface area is 157 Å². The molecule has 3 saturated carbocycles. The normalized spacial score (nSPS) is 49.2. The number of nitrogens with zero attached hydrogens (tertiary/aromatic N) is 1. The fourth-order valence-corrected chi connectivity index (χ4v) is 8.18. The van der Waals surface area contributed by atoms with Gasteiger partial charge in [-0.3, -0.25) is 9.59 Å². The average Bonchev–Trinajstić information content (AvgIpc) is 2.95. The van der Waals surface area contributed by atoms with E-state index in [1.165, 1.54) is 25.7 Å². The first-order chi connectivity index (χ1) is 12.2. The van der Waals surface area contributed by atoms with E-state index in [0.29, 0.717) is 36.1 Å². The summed E-state index contributed by atoms with van der Waals surface area (Å²) in [5, 5.41) is 9.59. The quantitative estimate of drug-likeness (QED) is 0.802. The maximum absolute atomic E-state index is 12.2. The van der Waals surface area contributed by atoms with Crippen molar-refractivity contribution in [1.29, 1.82) is 0 Å². The van der Waals surface area contributed by atoms with Gasteiger partial charge in [-0.15, -0.1) is 0 Å². The molecule has 2 unspecified atom stereocenters. The number of carbonyl (C=O) groups is 2. The van der Waals surface area contributed by atoms with Crippen LogP contribution in [0, 0.1) is 40.4 Å². The first-order valence-corrected chi connectivity index (χ1v) is 10.7. The summed E-state index contributed by atoms with van der Waals surface area (Å²) in [7, 11) is 2.01. The van der Waals surface area contributed by atoms with Crippen LogP contribution in [0.1, 0.15) is 72.1 Å². The number of aliphatic carboxylic acids is 1. The van der Waals surface area contributed by atoms with Crippen LogP contribution in [0.3, 0.4) is 0 Å². The molecule has 8 atom stereocenters. The lowest BCUT2D eigenvalue weighted by atomic mass is 9.46. The summed E-state index contributed by atoms with van der Waals surface area (Å²) in [5.41, 5.74) is 0.446. The topological polar surface area (TPSA) is 57.6 Å². The molecule has 0 aromatic heterocycles. The van der Waals surface area contributed by atoms with Crippen LogP contribution in [0.4, 0.5) is 0 Å². The third-order valence-electron chi connectivity index (χ3n) is 9.62. The number of hydrogen-bond donors (Lipinski definition) is 1. The summed E-state index contributed by atoms with van der Waals surface area (Å²) in [6, 6.07) is 0.407. The van der Waals surface area contributed by atoms with Crippen molar-refractivity contribution >= 4 is 11.9 Å². The minimum atomic E-state index is -0.623. The van der Waals surface area contributed by atoms with Gasteiger partial charge in [0.2, 0.25) is 5.91 Å². The summed E-state index contributed by atoms with van der Waals surface area (Å²) >= 11 is 0. The van der Waals surface area contributed by atoms with Crippen molar-refractivity contribution in [2.24, 2.45) is 40.4 Å². The highest BCUT2D eigenvalue weighted by molar-refractivity contribution is 5.77. The lowest BCUT2D eigenvalue weighted by molar-refractivity contribution is -0.160. The third-order valence-corrected chi connectivity index (χ3v) is 9.62. The second-order valence-electron chi connectivity index (χ2n) is 10.3. The van der Waals surface area contributed by atoms with E-state index in [1.807, 2.05) is 14.0 Å². The molecule has 146 valence electrons. The number of amides is 1. The minimum Gasteiger partial charge on any atom is -0.481 e. The van der Waals surface area contributed by atoms with Gasteiger partial charge in [0.15, 0.2) is 0 Å². The van der Waals surface area contributed by atoms with Gasteiger partial charge in [0.05, 0.1) is 5.92 Å². The number of likely N-dealkylation sites (tertiary alicyclic amines) is 1. The summed E-state index contributed by atoms with van der Waals surface area (Å²) in [6.45, 7) is 6.77. The molecule has 1 heterocycles. The fourth-order valence-electron chi connectivity index (χ4n) is 8.18. The molecule has 1 aliphatic heterocycles. The Morgan fingerprint density at radius 2 is 1.77 bits per heavy atom. The van der Waals surface area contributed by atoms with Crippen molar-refractivity contribution in [3.63, 3.8) is 0 Å². The first kappa shape index (κ1) is 18.3. The Kier molecular flexibility index (Phi) is 4.20. The standard InChI is InChI=1S/C22H35NO3/c1-13(20(25)26)15-6-7-16-14-5-8-18-22(3,12-10-19(24)23(18)4)17(14)9-11-21(15,16)2/h13-18H,5-12H2,1-4H3,(H,25,26)/t13?,14-,15+,16-,17-,18?,21+,22+/m0/s1. The molecule has 0 aromatic carbocycles. The number of carboxylic acids is 1. The molecule has 4 fully saturated rings. The van der Waals surface area contributed by atoms with Gasteiger partial charge in [0.1, 0.15) is 0 Å². The predicted octanol–water partition coefficient (Wildman–Crippen LogP) is 4.19. The Morgan fingerprint density at radius 1 is 1.08 bits per heavy atom. The molecule has 1 N–H and O–H groups in total. The van der Waals surface area contributed by atoms with Gasteiger partial charge in [-0.25, -0.2) is 0 Å². The van der Waals surface area contributed by atoms with Gasteiger partial charge in [0.25, 0.3) is 0 Å². The van der Waals surface area contributed by atoms with E-state index in [4.69, 9.17) is 0 Å². The number of piperidine rings is 1. The van der Waals surface area contributed by atoms with Crippen LogP contribution in [0.2, 0.25) is 0 Å². The molecular weight excluding hydrogens is 326 g/mol. The Balaban J connectivity index is 1.61. The highest BCUT2D eigenvalue weighted by Crippen LogP contribution is 2.67. The van der Waals surface area contributed by atoms with Gasteiger partial charge in [-0.2, -0.15) is 0 Å².